The number of halogens is 2. The van der Waals surface area contributed by atoms with E-state index in [9.17, 15) is 9.18 Å². The molecule has 182 valence electrons. The highest BCUT2D eigenvalue weighted by Gasteiger charge is 2.23. The summed E-state index contributed by atoms with van der Waals surface area (Å²) in [5, 5.41) is 7.89. The zero-order chi connectivity index (χ0) is 25.1. The molecular weight excluding hydrogens is 489 g/mol. The van der Waals surface area contributed by atoms with Gasteiger partial charge in [0, 0.05) is 28.4 Å². The summed E-state index contributed by atoms with van der Waals surface area (Å²) in [6, 6.07) is 11.9. The SMILES string of the molecule is CC[C@@H](Sc1nc2nc(C)c(Cc3c(F)cccc3Cl)c(C)n2n1)C(=O)Nc1ccccc1OC. The van der Waals surface area contributed by atoms with Gasteiger partial charge in [0.25, 0.3) is 5.78 Å². The van der Waals surface area contributed by atoms with Crippen molar-refractivity contribution in [2.24, 2.45) is 0 Å². The Kier molecular flexibility index (Phi) is 7.57. The van der Waals surface area contributed by atoms with Gasteiger partial charge in [-0.15, -0.1) is 5.10 Å². The Morgan fingerprint density at radius 2 is 1.94 bits per heavy atom. The van der Waals surface area contributed by atoms with E-state index in [1.165, 1.54) is 17.8 Å². The van der Waals surface area contributed by atoms with E-state index in [-0.39, 0.29) is 18.1 Å². The fourth-order valence-electron chi connectivity index (χ4n) is 3.78. The first-order valence-corrected chi connectivity index (χ1v) is 12.3. The van der Waals surface area contributed by atoms with Crippen molar-refractivity contribution in [2.75, 3.05) is 12.4 Å². The number of methoxy groups -OCH3 is 1. The molecule has 0 fully saturated rings. The van der Waals surface area contributed by atoms with E-state index < -0.39 is 5.25 Å². The summed E-state index contributed by atoms with van der Waals surface area (Å²) in [5.74, 6) is 0.477. The first-order valence-electron chi connectivity index (χ1n) is 11.1. The lowest BCUT2D eigenvalue weighted by atomic mass is 10.0. The molecule has 0 spiro atoms. The summed E-state index contributed by atoms with van der Waals surface area (Å²) >= 11 is 7.51. The molecule has 2 heterocycles. The minimum Gasteiger partial charge on any atom is -0.495 e. The average Bonchev–Trinajstić information content (AvgIpc) is 3.24. The molecule has 1 N–H and O–H groups in total. The number of aryl methyl sites for hydroxylation is 2. The highest BCUT2D eigenvalue weighted by molar-refractivity contribution is 8.00. The molecule has 1 atom stereocenters. The molecule has 0 radical (unpaired) electrons. The number of carbonyl (C=O) groups is 1. The second-order valence-electron chi connectivity index (χ2n) is 7.95. The Bertz CT molecular complexity index is 1370. The topological polar surface area (TPSA) is 81.4 Å². The number of benzene rings is 2. The number of ether oxygens (including phenoxy) is 1. The molecule has 2 aromatic carbocycles. The van der Waals surface area contributed by atoms with Crippen LogP contribution in [0.15, 0.2) is 47.6 Å². The second kappa shape index (κ2) is 10.6. The molecule has 0 aliphatic carbocycles. The fourth-order valence-corrected chi connectivity index (χ4v) is 4.86. The van der Waals surface area contributed by atoms with Crippen molar-refractivity contribution in [3.8, 4) is 5.75 Å². The fraction of sp³-hybridized carbons (Fsp3) is 0.280. The molecule has 0 aliphatic heterocycles. The number of thioether (sulfide) groups is 1. The van der Waals surface area contributed by atoms with Crippen molar-refractivity contribution in [3.63, 3.8) is 0 Å². The van der Waals surface area contributed by atoms with E-state index in [0.717, 1.165) is 17.0 Å². The van der Waals surface area contributed by atoms with Gasteiger partial charge in [-0.25, -0.2) is 13.9 Å². The number of hydrogen-bond acceptors (Lipinski definition) is 6. The van der Waals surface area contributed by atoms with Gasteiger partial charge in [0.05, 0.1) is 18.0 Å². The molecule has 0 unspecified atom stereocenters. The van der Waals surface area contributed by atoms with Crippen molar-refractivity contribution in [2.45, 2.75) is 44.0 Å². The lowest BCUT2D eigenvalue weighted by molar-refractivity contribution is -0.115. The first kappa shape index (κ1) is 24.9. The Morgan fingerprint density at radius 1 is 1.17 bits per heavy atom. The molecular formula is C25H25ClFN5O2S. The highest BCUT2D eigenvalue weighted by atomic mass is 35.5. The Hall–Kier alpha value is -3.17. The molecule has 0 saturated heterocycles. The van der Waals surface area contributed by atoms with Crippen LogP contribution in [0.5, 0.6) is 5.75 Å². The molecule has 10 heteroatoms. The van der Waals surface area contributed by atoms with Crippen LogP contribution in [0.25, 0.3) is 5.78 Å². The van der Waals surface area contributed by atoms with Gasteiger partial charge >= 0.3 is 0 Å². The molecule has 35 heavy (non-hydrogen) atoms. The van der Waals surface area contributed by atoms with Crippen molar-refractivity contribution >= 4 is 40.7 Å². The zero-order valence-electron chi connectivity index (χ0n) is 19.8. The number of hydrogen-bond donors (Lipinski definition) is 1. The van der Waals surface area contributed by atoms with Crippen molar-refractivity contribution in [1.82, 2.24) is 19.6 Å². The van der Waals surface area contributed by atoms with E-state index in [4.69, 9.17) is 16.3 Å². The van der Waals surface area contributed by atoms with Crippen LogP contribution in [0.3, 0.4) is 0 Å². The van der Waals surface area contributed by atoms with Gasteiger partial charge in [-0.2, -0.15) is 4.98 Å². The van der Waals surface area contributed by atoms with Gasteiger partial charge in [-0.1, -0.05) is 48.5 Å². The lowest BCUT2D eigenvalue weighted by Crippen LogP contribution is -2.25. The van der Waals surface area contributed by atoms with E-state index in [0.29, 0.717) is 39.4 Å². The maximum Gasteiger partial charge on any atom is 0.253 e. The van der Waals surface area contributed by atoms with Gasteiger partial charge in [0.2, 0.25) is 11.1 Å². The normalized spacial score (nSPS) is 12.1. The minimum absolute atomic E-state index is 0.170. The zero-order valence-corrected chi connectivity index (χ0v) is 21.4. The summed E-state index contributed by atoms with van der Waals surface area (Å²) in [5.41, 5.74) is 3.35. The van der Waals surface area contributed by atoms with Gasteiger partial charge < -0.3 is 10.1 Å². The number of amides is 1. The van der Waals surface area contributed by atoms with Crippen LogP contribution in [0, 0.1) is 19.7 Å². The standard InChI is InChI=1S/C25H25ClFN5O2S/c1-5-22(23(33)29-20-11-6-7-12-21(20)34-4)35-25-30-24-28-14(2)16(15(3)32(24)31-25)13-17-18(26)9-8-10-19(17)27/h6-12,22H,5,13H2,1-4H3,(H,29,33)/t22-/m1/s1. The molecule has 7 nitrogen and oxygen atoms in total. The minimum atomic E-state index is -0.421. The Balaban J connectivity index is 1.59. The van der Waals surface area contributed by atoms with Crippen molar-refractivity contribution < 1.29 is 13.9 Å². The van der Waals surface area contributed by atoms with Crippen LogP contribution in [0.1, 0.15) is 35.9 Å². The molecule has 4 rings (SSSR count). The number of anilines is 1. The maximum atomic E-state index is 14.4. The number of fused-ring (bicyclic) bond motifs is 1. The third-order valence-corrected chi connectivity index (χ3v) is 7.29. The average molecular weight is 514 g/mol. The first-order chi connectivity index (χ1) is 16.8. The van der Waals surface area contributed by atoms with E-state index in [1.807, 2.05) is 32.9 Å². The molecule has 0 saturated carbocycles. The largest absolute Gasteiger partial charge is 0.495 e. The van der Waals surface area contributed by atoms with E-state index >= 15 is 0 Å². The third kappa shape index (κ3) is 5.26. The monoisotopic (exact) mass is 513 g/mol. The number of para-hydroxylation sites is 2. The summed E-state index contributed by atoms with van der Waals surface area (Å²) in [7, 11) is 1.56. The van der Waals surface area contributed by atoms with Gasteiger partial charge in [-0.3, -0.25) is 4.79 Å². The van der Waals surface area contributed by atoms with E-state index in [1.54, 1.807) is 35.9 Å². The Labute approximate surface area is 212 Å². The smallest absolute Gasteiger partial charge is 0.253 e. The number of nitrogens with zero attached hydrogens (tertiary/aromatic N) is 4. The number of nitrogens with one attached hydrogen (secondary N) is 1. The summed E-state index contributed by atoms with van der Waals surface area (Å²) in [6.45, 7) is 5.67. The van der Waals surface area contributed by atoms with Crippen molar-refractivity contribution in [1.29, 1.82) is 0 Å². The Morgan fingerprint density at radius 3 is 2.66 bits per heavy atom. The predicted molar refractivity (Wildman–Crippen MR) is 136 cm³/mol. The molecule has 0 aliphatic rings. The predicted octanol–water partition coefficient (Wildman–Crippen LogP) is 5.64. The van der Waals surface area contributed by atoms with Crippen LogP contribution >= 0.6 is 23.4 Å². The van der Waals surface area contributed by atoms with Crippen LogP contribution in [-0.4, -0.2) is 37.8 Å². The summed E-state index contributed by atoms with van der Waals surface area (Å²) in [6.07, 6.45) is 0.858. The van der Waals surface area contributed by atoms with Gasteiger partial charge in [-0.05, 0) is 50.1 Å². The molecule has 2 aromatic heterocycles. The van der Waals surface area contributed by atoms with Crippen LogP contribution in [0.2, 0.25) is 5.02 Å². The number of aromatic nitrogens is 4. The van der Waals surface area contributed by atoms with Gasteiger partial charge in [0.15, 0.2) is 0 Å². The quantitative estimate of drug-likeness (QED) is 0.307. The summed E-state index contributed by atoms with van der Waals surface area (Å²) < 4.78 is 21.3. The number of carbonyl (C=O) groups excluding carboxylic acids is 1. The molecule has 4 aromatic rings. The maximum absolute atomic E-state index is 14.4. The van der Waals surface area contributed by atoms with Crippen LogP contribution in [0.4, 0.5) is 10.1 Å². The lowest BCUT2D eigenvalue weighted by Gasteiger charge is -2.14. The van der Waals surface area contributed by atoms with Crippen LogP contribution < -0.4 is 10.1 Å². The second-order valence-corrected chi connectivity index (χ2v) is 9.53. The third-order valence-electron chi connectivity index (χ3n) is 5.72. The molecule has 0 bridgehead atoms. The highest BCUT2D eigenvalue weighted by Crippen LogP contribution is 2.29. The molecule has 1 amide bonds. The van der Waals surface area contributed by atoms with Gasteiger partial charge in [0.1, 0.15) is 11.6 Å². The van der Waals surface area contributed by atoms with E-state index in [2.05, 4.69) is 20.4 Å². The summed E-state index contributed by atoms with van der Waals surface area (Å²) in [4.78, 5) is 22.1. The van der Waals surface area contributed by atoms with Crippen molar-refractivity contribution in [3.05, 3.63) is 75.8 Å². The van der Waals surface area contributed by atoms with Crippen LogP contribution in [-0.2, 0) is 11.2 Å². The number of rotatable bonds is 8.